The molecule has 0 aromatic carbocycles. The molecule has 60 valence electrons. The first-order valence-corrected chi connectivity index (χ1v) is 3.54. The van der Waals surface area contributed by atoms with Crippen molar-refractivity contribution in [3.05, 3.63) is 12.0 Å². The summed E-state index contributed by atoms with van der Waals surface area (Å²) >= 11 is 4.82. The van der Waals surface area contributed by atoms with E-state index in [-0.39, 0.29) is 0 Å². The number of rotatable bonds is 1. The lowest BCUT2D eigenvalue weighted by atomic mass is 10.6. The third-order valence-corrected chi connectivity index (χ3v) is 1.37. The molecule has 1 heterocycles. The van der Waals surface area contributed by atoms with Gasteiger partial charge in [0.1, 0.15) is 6.26 Å². The first kappa shape index (κ1) is 8.00. The maximum Gasteiger partial charge on any atom is 0.301 e. The lowest BCUT2D eigenvalue weighted by molar-refractivity contribution is 0.577. The normalized spacial score (nSPS) is 9.27. The highest BCUT2D eigenvalue weighted by Crippen LogP contribution is 2.04. The van der Waals surface area contributed by atoms with Gasteiger partial charge in [0.25, 0.3) is 0 Å². The highest BCUT2D eigenvalue weighted by Gasteiger charge is 1.99. The Morgan fingerprint density at radius 1 is 1.73 bits per heavy atom. The largest absolute Gasteiger partial charge is 0.432 e. The van der Waals surface area contributed by atoms with Gasteiger partial charge in [-0.15, -0.1) is 0 Å². The minimum absolute atomic E-state index is 0.418. The molecular weight excluding hydrogens is 162 g/mol. The molecule has 2 N–H and O–H groups in total. The van der Waals surface area contributed by atoms with Crippen LogP contribution in [-0.4, -0.2) is 17.1 Å². The second-order valence-electron chi connectivity index (χ2n) is 2.00. The number of anilines is 1. The van der Waals surface area contributed by atoms with E-state index in [1.165, 1.54) is 0 Å². The molecular formula is C6H9N3OS. The molecule has 1 rings (SSSR count). The van der Waals surface area contributed by atoms with Crippen LogP contribution in [-0.2, 0) is 0 Å². The molecule has 1 aromatic heterocycles. The van der Waals surface area contributed by atoms with Crippen molar-refractivity contribution in [2.75, 3.05) is 12.4 Å². The predicted octanol–water partition coefficient (Wildman–Crippen LogP) is 0.899. The zero-order chi connectivity index (χ0) is 8.27. The second kappa shape index (κ2) is 3.34. The van der Waals surface area contributed by atoms with Gasteiger partial charge in [0.05, 0.1) is 5.69 Å². The molecule has 4 nitrogen and oxygen atoms in total. The first-order chi connectivity index (χ1) is 5.22. The van der Waals surface area contributed by atoms with Crippen LogP contribution in [0.25, 0.3) is 0 Å². The summed E-state index contributed by atoms with van der Waals surface area (Å²) in [5.74, 6) is 0. The Bertz CT molecular complexity index is 258. The van der Waals surface area contributed by atoms with Gasteiger partial charge in [-0.1, -0.05) is 0 Å². The number of hydrogen-bond donors (Lipinski definition) is 2. The Morgan fingerprint density at radius 2 is 2.45 bits per heavy atom. The highest BCUT2D eigenvalue weighted by molar-refractivity contribution is 7.80. The minimum Gasteiger partial charge on any atom is -0.432 e. The third kappa shape index (κ3) is 2.19. The molecule has 0 bridgehead atoms. The Labute approximate surface area is 70.0 Å². The van der Waals surface area contributed by atoms with E-state index in [4.69, 9.17) is 16.6 Å². The number of hydrogen-bond acceptors (Lipinski definition) is 3. The smallest absolute Gasteiger partial charge is 0.301 e. The maximum absolute atomic E-state index is 4.99. The van der Waals surface area contributed by atoms with E-state index in [0.717, 1.165) is 5.69 Å². The summed E-state index contributed by atoms with van der Waals surface area (Å²) < 4.78 is 4.99. The summed E-state index contributed by atoms with van der Waals surface area (Å²) in [5, 5.41) is 5.99. The Morgan fingerprint density at radius 3 is 2.91 bits per heavy atom. The topological polar surface area (TPSA) is 50.1 Å². The summed E-state index contributed by atoms with van der Waals surface area (Å²) in [6.07, 6.45) is 1.56. The second-order valence-corrected chi connectivity index (χ2v) is 2.41. The SMILES string of the molecule is CNC(=S)Nc1nc(C)co1. The monoisotopic (exact) mass is 171 g/mol. The summed E-state index contributed by atoms with van der Waals surface area (Å²) in [5.41, 5.74) is 0.825. The maximum atomic E-state index is 4.99. The van der Waals surface area contributed by atoms with Crippen molar-refractivity contribution < 1.29 is 4.42 Å². The lowest BCUT2D eigenvalue weighted by Gasteiger charge is -1.99. The number of oxazole rings is 1. The van der Waals surface area contributed by atoms with Gasteiger partial charge in [-0.05, 0) is 19.1 Å². The highest BCUT2D eigenvalue weighted by atomic mass is 32.1. The van der Waals surface area contributed by atoms with Crippen LogP contribution in [0, 0.1) is 6.92 Å². The van der Waals surface area contributed by atoms with Crippen molar-refractivity contribution in [3.63, 3.8) is 0 Å². The van der Waals surface area contributed by atoms with Crippen LogP contribution in [0.3, 0.4) is 0 Å². The van der Waals surface area contributed by atoms with Crippen molar-refractivity contribution in [2.45, 2.75) is 6.92 Å². The van der Waals surface area contributed by atoms with Crippen LogP contribution in [0.5, 0.6) is 0 Å². The van der Waals surface area contributed by atoms with Crippen molar-refractivity contribution in [3.8, 4) is 0 Å². The van der Waals surface area contributed by atoms with Gasteiger partial charge in [0.15, 0.2) is 5.11 Å². The van der Waals surface area contributed by atoms with E-state index in [0.29, 0.717) is 11.1 Å². The fraction of sp³-hybridized carbons (Fsp3) is 0.333. The van der Waals surface area contributed by atoms with Gasteiger partial charge in [-0.2, -0.15) is 4.98 Å². The molecule has 0 saturated heterocycles. The van der Waals surface area contributed by atoms with Gasteiger partial charge in [0, 0.05) is 7.05 Å². The average Bonchev–Trinajstić information content (AvgIpc) is 2.35. The first-order valence-electron chi connectivity index (χ1n) is 3.13. The third-order valence-electron chi connectivity index (χ3n) is 1.07. The van der Waals surface area contributed by atoms with Crippen molar-refractivity contribution in [2.24, 2.45) is 0 Å². The summed E-state index contributed by atoms with van der Waals surface area (Å²) in [4.78, 5) is 3.99. The van der Waals surface area contributed by atoms with E-state index < -0.39 is 0 Å². The molecule has 0 aliphatic rings. The van der Waals surface area contributed by atoms with Gasteiger partial charge in [-0.25, -0.2) is 0 Å². The van der Waals surface area contributed by atoms with Crippen LogP contribution in [0.15, 0.2) is 10.7 Å². The number of nitrogens with zero attached hydrogens (tertiary/aromatic N) is 1. The molecule has 0 aliphatic heterocycles. The van der Waals surface area contributed by atoms with Gasteiger partial charge in [-0.3, -0.25) is 5.32 Å². The quantitative estimate of drug-likeness (QED) is 0.615. The Balaban J connectivity index is 2.57. The Hall–Kier alpha value is -1.10. The fourth-order valence-electron chi connectivity index (χ4n) is 0.571. The van der Waals surface area contributed by atoms with Crippen LogP contribution >= 0.6 is 12.2 Å². The standard InChI is InChI=1S/C6H9N3OS/c1-4-3-10-5(8-4)9-6(11)7-2/h3H,1-2H3,(H2,7,8,9,11). The fourth-order valence-corrected chi connectivity index (χ4v) is 0.658. The molecule has 0 aliphatic carbocycles. The van der Waals surface area contributed by atoms with Gasteiger partial charge >= 0.3 is 6.01 Å². The molecule has 0 spiro atoms. The number of aromatic nitrogens is 1. The van der Waals surface area contributed by atoms with E-state index in [1.54, 1.807) is 13.3 Å². The van der Waals surface area contributed by atoms with Crippen LogP contribution in [0.2, 0.25) is 0 Å². The lowest BCUT2D eigenvalue weighted by Crippen LogP contribution is -2.24. The predicted molar refractivity (Wildman–Crippen MR) is 46.5 cm³/mol. The molecule has 0 radical (unpaired) electrons. The minimum atomic E-state index is 0.418. The van der Waals surface area contributed by atoms with E-state index in [2.05, 4.69) is 15.6 Å². The summed E-state index contributed by atoms with van der Waals surface area (Å²) in [7, 11) is 1.73. The van der Waals surface area contributed by atoms with Crippen LogP contribution < -0.4 is 10.6 Å². The number of nitrogens with one attached hydrogen (secondary N) is 2. The summed E-state index contributed by atoms with van der Waals surface area (Å²) in [6, 6.07) is 0.418. The number of thiocarbonyl (C=S) groups is 1. The number of aryl methyl sites for hydroxylation is 1. The average molecular weight is 171 g/mol. The van der Waals surface area contributed by atoms with Gasteiger partial charge < -0.3 is 9.73 Å². The molecule has 1 aromatic rings. The van der Waals surface area contributed by atoms with Crippen molar-refractivity contribution in [1.82, 2.24) is 10.3 Å². The zero-order valence-electron chi connectivity index (χ0n) is 6.34. The molecule has 0 saturated carbocycles. The zero-order valence-corrected chi connectivity index (χ0v) is 7.16. The summed E-state index contributed by atoms with van der Waals surface area (Å²) in [6.45, 7) is 1.84. The molecule has 0 amide bonds. The van der Waals surface area contributed by atoms with E-state index in [9.17, 15) is 0 Å². The van der Waals surface area contributed by atoms with Crippen LogP contribution in [0.4, 0.5) is 6.01 Å². The van der Waals surface area contributed by atoms with Crippen molar-refractivity contribution in [1.29, 1.82) is 0 Å². The molecule has 5 heteroatoms. The molecule has 0 atom stereocenters. The molecule has 0 unspecified atom stereocenters. The van der Waals surface area contributed by atoms with E-state index >= 15 is 0 Å². The Kier molecular flexibility index (Phi) is 2.43. The van der Waals surface area contributed by atoms with Crippen LogP contribution in [0.1, 0.15) is 5.69 Å². The van der Waals surface area contributed by atoms with Crippen molar-refractivity contribution >= 4 is 23.3 Å². The van der Waals surface area contributed by atoms with Gasteiger partial charge in [0.2, 0.25) is 0 Å². The molecule has 11 heavy (non-hydrogen) atoms. The molecule has 0 fully saturated rings. The van der Waals surface area contributed by atoms with E-state index in [1.807, 2.05) is 6.92 Å².